The van der Waals surface area contributed by atoms with Crippen LogP contribution in [0.25, 0.3) is 0 Å². The molecule has 0 aromatic rings. The average Bonchev–Trinajstić information content (AvgIpc) is 2.27. The summed E-state index contributed by atoms with van der Waals surface area (Å²) in [6, 6.07) is 0. The molecule has 1 aliphatic carbocycles. The second kappa shape index (κ2) is 4.84. The Hall–Kier alpha value is -0.410. The molecule has 2 rings (SSSR count). The van der Waals surface area contributed by atoms with Crippen molar-refractivity contribution in [1.29, 1.82) is 0 Å². The Morgan fingerprint density at radius 3 is 2.88 bits per heavy atom. The standard InChI is InChI=1S/C13H22O3/c1-10(15-2)8-12(14)11-4-7-16-13(9-11)5-3-6-13/h10-11H,3-9H2,1-2H3. The van der Waals surface area contributed by atoms with E-state index >= 15 is 0 Å². The molecule has 2 aliphatic rings. The van der Waals surface area contributed by atoms with Gasteiger partial charge < -0.3 is 9.47 Å². The summed E-state index contributed by atoms with van der Waals surface area (Å²) in [5.74, 6) is 0.579. The highest BCUT2D eigenvalue weighted by Gasteiger charge is 2.44. The van der Waals surface area contributed by atoms with Crippen molar-refractivity contribution in [1.82, 2.24) is 0 Å². The van der Waals surface area contributed by atoms with Crippen molar-refractivity contribution in [2.75, 3.05) is 13.7 Å². The zero-order valence-electron chi connectivity index (χ0n) is 10.3. The third kappa shape index (κ3) is 2.46. The van der Waals surface area contributed by atoms with Crippen LogP contribution in [0, 0.1) is 5.92 Å². The van der Waals surface area contributed by atoms with E-state index in [9.17, 15) is 4.79 Å². The number of carbonyl (C=O) groups is 1. The molecule has 0 N–H and O–H groups in total. The van der Waals surface area contributed by atoms with Gasteiger partial charge in [0.05, 0.1) is 11.7 Å². The van der Waals surface area contributed by atoms with E-state index in [0.29, 0.717) is 12.2 Å². The highest BCUT2D eigenvalue weighted by atomic mass is 16.5. The van der Waals surface area contributed by atoms with Crippen LogP contribution in [0.5, 0.6) is 0 Å². The number of ketones is 1. The van der Waals surface area contributed by atoms with Gasteiger partial charge >= 0.3 is 0 Å². The Morgan fingerprint density at radius 2 is 2.31 bits per heavy atom. The molecule has 1 saturated heterocycles. The van der Waals surface area contributed by atoms with E-state index < -0.39 is 0 Å². The van der Waals surface area contributed by atoms with Crippen LogP contribution in [0.15, 0.2) is 0 Å². The maximum Gasteiger partial charge on any atom is 0.138 e. The fraction of sp³-hybridized carbons (Fsp3) is 0.923. The summed E-state index contributed by atoms with van der Waals surface area (Å²) in [5, 5.41) is 0. The Labute approximate surface area is 97.5 Å². The van der Waals surface area contributed by atoms with Crippen LogP contribution in [0.3, 0.4) is 0 Å². The van der Waals surface area contributed by atoms with Crippen LogP contribution in [-0.4, -0.2) is 31.2 Å². The minimum atomic E-state index is 0.0488. The minimum absolute atomic E-state index is 0.0488. The van der Waals surface area contributed by atoms with E-state index in [-0.39, 0.29) is 17.6 Å². The summed E-state index contributed by atoms with van der Waals surface area (Å²) in [6.07, 6.45) is 6.01. The minimum Gasteiger partial charge on any atom is -0.381 e. The van der Waals surface area contributed by atoms with Crippen LogP contribution in [0.1, 0.15) is 45.4 Å². The molecular weight excluding hydrogens is 204 g/mol. The number of Topliss-reactive ketones (excluding diaryl/α,β-unsaturated/α-hetero) is 1. The molecule has 2 atom stereocenters. The maximum absolute atomic E-state index is 12.1. The van der Waals surface area contributed by atoms with E-state index in [1.165, 1.54) is 6.42 Å². The molecule has 1 saturated carbocycles. The summed E-state index contributed by atoms with van der Waals surface area (Å²) < 4.78 is 11.0. The summed E-state index contributed by atoms with van der Waals surface area (Å²) >= 11 is 0. The molecule has 1 spiro atoms. The largest absolute Gasteiger partial charge is 0.381 e. The first-order chi connectivity index (χ1) is 7.65. The molecule has 1 heterocycles. The van der Waals surface area contributed by atoms with Gasteiger partial charge in [-0.05, 0) is 39.0 Å². The first-order valence-electron chi connectivity index (χ1n) is 6.35. The van der Waals surface area contributed by atoms with Crippen molar-refractivity contribution in [3.05, 3.63) is 0 Å². The van der Waals surface area contributed by atoms with E-state index in [0.717, 1.165) is 32.3 Å². The number of rotatable bonds is 4. The van der Waals surface area contributed by atoms with Crippen LogP contribution < -0.4 is 0 Å². The van der Waals surface area contributed by atoms with Crippen molar-refractivity contribution < 1.29 is 14.3 Å². The van der Waals surface area contributed by atoms with Gasteiger partial charge in [0.1, 0.15) is 5.78 Å². The molecule has 0 radical (unpaired) electrons. The smallest absolute Gasteiger partial charge is 0.138 e. The number of hydrogen-bond donors (Lipinski definition) is 0. The zero-order chi connectivity index (χ0) is 11.6. The van der Waals surface area contributed by atoms with E-state index in [2.05, 4.69) is 0 Å². The molecule has 92 valence electrons. The molecule has 3 nitrogen and oxygen atoms in total. The van der Waals surface area contributed by atoms with E-state index in [4.69, 9.17) is 9.47 Å². The molecular formula is C13H22O3. The van der Waals surface area contributed by atoms with E-state index in [1.807, 2.05) is 6.92 Å². The highest BCUT2D eigenvalue weighted by molar-refractivity contribution is 5.81. The molecule has 0 bridgehead atoms. The Bertz CT molecular complexity index is 258. The first kappa shape index (κ1) is 12.1. The zero-order valence-corrected chi connectivity index (χ0v) is 10.3. The number of hydrogen-bond acceptors (Lipinski definition) is 3. The molecule has 3 heteroatoms. The summed E-state index contributed by atoms with van der Waals surface area (Å²) in [5.41, 5.74) is 0.0783. The van der Waals surface area contributed by atoms with Gasteiger partial charge in [0, 0.05) is 26.1 Å². The van der Waals surface area contributed by atoms with Crippen LogP contribution in [0.2, 0.25) is 0 Å². The lowest BCUT2D eigenvalue weighted by molar-refractivity contribution is -0.156. The van der Waals surface area contributed by atoms with Gasteiger partial charge in [-0.2, -0.15) is 0 Å². The lowest BCUT2D eigenvalue weighted by atomic mass is 9.71. The third-order valence-electron chi connectivity index (χ3n) is 4.10. The SMILES string of the molecule is COC(C)CC(=O)C1CCOC2(CCC2)C1. The van der Waals surface area contributed by atoms with Crippen molar-refractivity contribution in [2.45, 2.75) is 57.2 Å². The predicted octanol–water partition coefficient (Wildman–Crippen LogP) is 2.33. The summed E-state index contributed by atoms with van der Waals surface area (Å²) in [7, 11) is 1.66. The molecule has 0 aromatic heterocycles. The van der Waals surface area contributed by atoms with Crippen LogP contribution in [0.4, 0.5) is 0 Å². The van der Waals surface area contributed by atoms with Crippen LogP contribution >= 0.6 is 0 Å². The van der Waals surface area contributed by atoms with Gasteiger partial charge in [0.25, 0.3) is 0 Å². The van der Waals surface area contributed by atoms with Gasteiger partial charge in [-0.1, -0.05) is 0 Å². The van der Waals surface area contributed by atoms with Crippen molar-refractivity contribution >= 4 is 5.78 Å². The van der Waals surface area contributed by atoms with E-state index in [1.54, 1.807) is 7.11 Å². The third-order valence-corrected chi connectivity index (χ3v) is 4.10. The number of methoxy groups -OCH3 is 1. The van der Waals surface area contributed by atoms with Gasteiger partial charge in [-0.25, -0.2) is 0 Å². The fourth-order valence-electron chi connectivity index (χ4n) is 2.76. The molecule has 16 heavy (non-hydrogen) atoms. The Kier molecular flexibility index (Phi) is 3.65. The lowest BCUT2D eigenvalue weighted by Gasteiger charge is -2.47. The first-order valence-corrected chi connectivity index (χ1v) is 6.35. The lowest BCUT2D eigenvalue weighted by Crippen LogP contribution is -2.47. The monoisotopic (exact) mass is 226 g/mol. The van der Waals surface area contributed by atoms with Gasteiger partial charge in [-0.3, -0.25) is 4.79 Å². The second-order valence-electron chi connectivity index (χ2n) is 5.29. The highest BCUT2D eigenvalue weighted by Crippen LogP contribution is 2.44. The molecule has 1 aliphatic heterocycles. The van der Waals surface area contributed by atoms with Crippen LogP contribution in [-0.2, 0) is 14.3 Å². The number of ether oxygens (including phenoxy) is 2. The number of carbonyl (C=O) groups excluding carboxylic acids is 1. The second-order valence-corrected chi connectivity index (χ2v) is 5.29. The molecule has 2 fully saturated rings. The summed E-state index contributed by atoms with van der Waals surface area (Å²) in [4.78, 5) is 12.1. The predicted molar refractivity (Wildman–Crippen MR) is 61.4 cm³/mol. The summed E-state index contributed by atoms with van der Waals surface area (Å²) in [6.45, 7) is 2.72. The normalized spacial score (nSPS) is 29.8. The molecule has 0 amide bonds. The maximum atomic E-state index is 12.1. The van der Waals surface area contributed by atoms with Crippen molar-refractivity contribution in [3.63, 3.8) is 0 Å². The molecule has 2 unspecified atom stereocenters. The van der Waals surface area contributed by atoms with Gasteiger partial charge in [-0.15, -0.1) is 0 Å². The van der Waals surface area contributed by atoms with Crippen molar-refractivity contribution in [3.8, 4) is 0 Å². The topological polar surface area (TPSA) is 35.5 Å². The Balaban J connectivity index is 1.86. The fourth-order valence-corrected chi connectivity index (χ4v) is 2.76. The Morgan fingerprint density at radius 1 is 1.56 bits per heavy atom. The van der Waals surface area contributed by atoms with Gasteiger partial charge in [0.15, 0.2) is 0 Å². The molecule has 0 aromatic carbocycles. The average molecular weight is 226 g/mol. The van der Waals surface area contributed by atoms with Crippen molar-refractivity contribution in [2.24, 2.45) is 5.92 Å². The quantitative estimate of drug-likeness (QED) is 0.738. The van der Waals surface area contributed by atoms with Gasteiger partial charge in [0.2, 0.25) is 0 Å².